The first-order valence-corrected chi connectivity index (χ1v) is 10.4. The minimum Gasteiger partial charge on any atom is -0.497 e. The maximum absolute atomic E-state index is 12.3. The molecular weight excluding hydrogens is 364 g/mol. The van der Waals surface area contributed by atoms with E-state index in [1.807, 2.05) is 18.2 Å². The predicted octanol–water partition coefficient (Wildman–Crippen LogP) is 2.21. The molecule has 144 valence electrons. The van der Waals surface area contributed by atoms with Crippen molar-refractivity contribution in [3.63, 3.8) is 0 Å². The van der Waals surface area contributed by atoms with Crippen LogP contribution < -0.4 is 14.8 Å². The lowest BCUT2D eigenvalue weighted by Crippen LogP contribution is -2.47. The Morgan fingerprint density at radius 2 is 1.74 bits per heavy atom. The van der Waals surface area contributed by atoms with E-state index in [2.05, 4.69) is 22.2 Å². The van der Waals surface area contributed by atoms with Crippen molar-refractivity contribution >= 4 is 15.9 Å². The molecular formula is C20H24N2O4S. The Kier molecular flexibility index (Phi) is 5.82. The molecule has 1 aliphatic rings. The average molecular weight is 388 g/mol. The van der Waals surface area contributed by atoms with Gasteiger partial charge in [0, 0.05) is 12.0 Å². The van der Waals surface area contributed by atoms with Crippen molar-refractivity contribution in [2.24, 2.45) is 0 Å². The summed E-state index contributed by atoms with van der Waals surface area (Å²) in [6.45, 7) is 0.222. The molecule has 0 radical (unpaired) electrons. The molecule has 0 heterocycles. The topological polar surface area (TPSA) is 84.5 Å². The lowest BCUT2D eigenvalue weighted by molar-refractivity contribution is -0.120. The smallest absolute Gasteiger partial charge is 0.241 e. The zero-order valence-electron chi connectivity index (χ0n) is 15.3. The number of ether oxygens (including phenoxy) is 1. The summed E-state index contributed by atoms with van der Waals surface area (Å²) in [6, 6.07) is 16.2. The summed E-state index contributed by atoms with van der Waals surface area (Å²) < 4.78 is 31.9. The molecule has 2 aromatic carbocycles. The normalized spacial score (nSPS) is 15.6. The van der Waals surface area contributed by atoms with E-state index in [1.165, 1.54) is 24.8 Å². The van der Waals surface area contributed by atoms with E-state index >= 15 is 0 Å². The Bertz CT molecular complexity index is 876. The van der Waals surface area contributed by atoms with Gasteiger partial charge in [-0.05, 0) is 42.7 Å². The summed E-state index contributed by atoms with van der Waals surface area (Å²) in [5, 5.41) is 2.88. The van der Waals surface area contributed by atoms with Crippen LogP contribution in [0.4, 0.5) is 0 Å². The van der Waals surface area contributed by atoms with E-state index in [1.54, 1.807) is 12.1 Å². The number of hydrogen-bond donors (Lipinski definition) is 2. The molecule has 3 rings (SSSR count). The molecule has 1 amide bonds. The van der Waals surface area contributed by atoms with E-state index in [-0.39, 0.29) is 22.8 Å². The molecule has 0 unspecified atom stereocenters. The summed E-state index contributed by atoms with van der Waals surface area (Å²) in [5.74, 6) is 0.229. The number of sulfonamides is 1. The minimum absolute atomic E-state index is 0.0359. The van der Waals surface area contributed by atoms with Crippen molar-refractivity contribution in [3.05, 3.63) is 60.2 Å². The number of rotatable bonds is 8. The summed E-state index contributed by atoms with van der Waals surface area (Å²) in [5.41, 5.74) is 1.18. The first-order valence-electron chi connectivity index (χ1n) is 8.91. The van der Waals surface area contributed by atoms with Crippen LogP contribution in [0.25, 0.3) is 0 Å². The van der Waals surface area contributed by atoms with E-state index in [0.717, 1.165) is 19.3 Å². The van der Waals surface area contributed by atoms with E-state index in [0.29, 0.717) is 12.3 Å². The molecule has 6 nitrogen and oxygen atoms in total. The molecule has 1 aliphatic carbocycles. The molecule has 0 aliphatic heterocycles. The third kappa shape index (κ3) is 4.48. The van der Waals surface area contributed by atoms with Gasteiger partial charge in [0.1, 0.15) is 5.75 Å². The zero-order valence-corrected chi connectivity index (χ0v) is 16.1. The van der Waals surface area contributed by atoms with Crippen LogP contribution >= 0.6 is 0 Å². The second kappa shape index (κ2) is 8.10. The largest absolute Gasteiger partial charge is 0.497 e. The van der Waals surface area contributed by atoms with Crippen molar-refractivity contribution in [2.45, 2.75) is 29.6 Å². The third-order valence-electron chi connectivity index (χ3n) is 5.11. The molecule has 0 bridgehead atoms. The monoisotopic (exact) mass is 388 g/mol. The van der Waals surface area contributed by atoms with Crippen LogP contribution in [0.5, 0.6) is 5.75 Å². The van der Waals surface area contributed by atoms with Crippen LogP contribution in [0, 0.1) is 0 Å². The van der Waals surface area contributed by atoms with Gasteiger partial charge in [-0.2, -0.15) is 0 Å². The molecule has 0 aromatic heterocycles. The second-order valence-electron chi connectivity index (χ2n) is 6.78. The Morgan fingerprint density at radius 1 is 1.07 bits per heavy atom. The zero-order chi connectivity index (χ0) is 19.3. The van der Waals surface area contributed by atoms with E-state index < -0.39 is 10.0 Å². The molecule has 1 fully saturated rings. The van der Waals surface area contributed by atoms with Gasteiger partial charge in [-0.3, -0.25) is 4.79 Å². The Balaban J connectivity index is 1.54. The standard InChI is InChI=1S/C20H24N2O4S/c1-26-17-8-10-18(11-9-17)27(24,25)22-14-19(23)21-15-20(12-5-13-20)16-6-3-2-4-7-16/h2-4,6-11,22H,5,12-15H2,1H3,(H,21,23). The highest BCUT2D eigenvalue weighted by molar-refractivity contribution is 7.89. The SMILES string of the molecule is COc1ccc(S(=O)(=O)NCC(=O)NCC2(c3ccccc3)CCC2)cc1. The van der Waals surface area contributed by atoms with Crippen molar-refractivity contribution < 1.29 is 17.9 Å². The van der Waals surface area contributed by atoms with Crippen molar-refractivity contribution in [1.29, 1.82) is 0 Å². The lowest BCUT2D eigenvalue weighted by Gasteiger charge is -2.42. The van der Waals surface area contributed by atoms with Crippen LogP contribution in [0.15, 0.2) is 59.5 Å². The number of carbonyl (C=O) groups is 1. The quantitative estimate of drug-likeness (QED) is 0.726. The van der Waals surface area contributed by atoms with Gasteiger partial charge < -0.3 is 10.1 Å². The molecule has 7 heteroatoms. The molecule has 0 atom stereocenters. The molecule has 0 spiro atoms. The number of benzene rings is 2. The van der Waals surface area contributed by atoms with Gasteiger partial charge in [-0.15, -0.1) is 0 Å². The fourth-order valence-corrected chi connectivity index (χ4v) is 4.27. The highest BCUT2D eigenvalue weighted by Crippen LogP contribution is 2.43. The average Bonchev–Trinajstić information content (AvgIpc) is 2.66. The first-order chi connectivity index (χ1) is 13.0. The highest BCUT2D eigenvalue weighted by atomic mass is 32.2. The maximum Gasteiger partial charge on any atom is 0.241 e. The van der Waals surface area contributed by atoms with Crippen molar-refractivity contribution in [1.82, 2.24) is 10.0 Å². The molecule has 0 saturated heterocycles. The van der Waals surface area contributed by atoms with Crippen LogP contribution in [0.2, 0.25) is 0 Å². The maximum atomic E-state index is 12.3. The van der Waals surface area contributed by atoms with E-state index in [9.17, 15) is 13.2 Å². The van der Waals surface area contributed by atoms with Crippen LogP contribution in [-0.4, -0.2) is 34.5 Å². The fraction of sp³-hybridized carbons (Fsp3) is 0.350. The van der Waals surface area contributed by atoms with Crippen LogP contribution in [-0.2, 0) is 20.2 Å². The molecule has 27 heavy (non-hydrogen) atoms. The van der Waals surface area contributed by atoms with Crippen LogP contribution in [0.1, 0.15) is 24.8 Å². The number of amides is 1. The van der Waals surface area contributed by atoms with Crippen molar-refractivity contribution in [3.8, 4) is 5.75 Å². The number of carbonyl (C=O) groups excluding carboxylic acids is 1. The number of hydrogen-bond acceptors (Lipinski definition) is 4. The number of nitrogens with one attached hydrogen (secondary N) is 2. The Morgan fingerprint density at radius 3 is 2.30 bits per heavy atom. The number of methoxy groups -OCH3 is 1. The second-order valence-corrected chi connectivity index (χ2v) is 8.54. The Hall–Kier alpha value is -2.38. The summed E-state index contributed by atoms with van der Waals surface area (Å²) >= 11 is 0. The molecule has 2 aromatic rings. The minimum atomic E-state index is -3.74. The predicted molar refractivity (Wildman–Crippen MR) is 103 cm³/mol. The van der Waals surface area contributed by atoms with Gasteiger partial charge in [0.05, 0.1) is 18.6 Å². The van der Waals surface area contributed by atoms with Crippen molar-refractivity contribution in [2.75, 3.05) is 20.2 Å². The first kappa shape index (κ1) is 19.4. The van der Waals surface area contributed by atoms with Gasteiger partial charge in [-0.1, -0.05) is 36.8 Å². The summed E-state index contributed by atoms with van der Waals surface area (Å²) in [4.78, 5) is 12.3. The summed E-state index contributed by atoms with van der Waals surface area (Å²) in [6.07, 6.45) is 3.18. The van der Waals surface area contributed by atoms with Crippen LogP contribution in [0.3, 0.4) is 0 Å². The van der Waals surface area contributed by atoms with E-state index in [4.69, 9.17) is 4.74 Å². The highest BCUT2D eigenvalue weighted by Gasteiger charge is 2.38. The van der Waals surface area contributed by atoms with Gasteiger partial charge in [0.15, 0.2) is 0 Å². The molecule has 2 N–H and O–H groups in total. The van der Waals surface area contributed by atoms with Gasteiger partial charge in [0.2, 0.25) is 15.9 Å². The van der Waals surface area contributed by atoms with Gasteiger partial charge in [-0.25, -0.2) is 13.1 Å². The van der Waals surface area contributed by atoms with Gasteiger partial charge >= 0.3 is 0 Å². The lowest BCUT2D eigenvalue weighted by atomic mass is 9.64. The third-order valence-corrected chi connectivity index (χ3v) is 6.53. The fourth-order valence-electron chi connectivity index (χ4n) is 3.29. The molecule has 1 saturated carbocycles. The summed E-state index contributed by atoms with van der Waals surface area (Å²) in [7, 11) is -2.23. The van der Waals surface area contributed by atoms with Gasteiger partial charge in [0.25, 0.3) is 0 Å². The Labute approximate surface area is 160 Å².